The van der Waals surface area contributed by atoms with Crippen LogP contribution in [0, 0.1) is 13.8 Å². The van der Waals surface area contributed by atoms with Gasteiger partial charge in [0.1, 0.15) is 0 Å². The lowest BCUT2D eigenvalue weighted by molar-refractivity contribution is 0.691. The second kappa shape index (κ2) is 6.89. The summed E-state index contributed by atoms with van der Waals surface area (Å²) < 4.78 is 5.80. The number of halogens is 2. The highest BCUT2D eigenvalue weighted by Gasteiger charge is 2.22. The molecule has 3 heterocycles. The van der Waals surface area contributed by atoms with Crippen molar-refractivity contribution in [2.75, 3.05) is 0 Å². The second-order valence-corrected chi connectivity index (χ2v) is 7.79. The molecule has 0 N–H and O–H groups in total. The van der Waals surface area contributed by atoms with E-state index < -0.39 is 11.2 Å². The molecule has 150 valence electrons. The van der Waals surface area contributed by atoms with Gasteiger partial charge in [-0.15, -0.1) is 0 Å². The van der Waals surface area contributed by atoms with Gasteiger partial charge in [0.15, 0.2) is 11.2 Å². The zero-order valence-corrected chi connectivity index (χ0v) is 17.8. The van der Waals surface area contributed by atoms with Crippen LogP contribution in [0.15, 0.2) is 33.9 Å². The summed E-state index contributed by atoms with van der Waals surface area (Å²) in [5.41, 5.74) is 2.11. The maximum absolute atomic E-state index is 13.0. The van der Waals surface area contributed by atoms with E-state index in [9.17, 15) is 9.59 Å². The van der Waals surface area contributed by atoms with Crippen LogP contribution in [0.2, 0.25) is 10.0 Å². The van der Waals surface area contributed by atoms with Gasteiger partial charge in [0.05, 0.1) is 12.2 Å². The van der Waals surface area contributed by atoms with E-state index in [1.54, 1.807) is 34.5 Å². The number of fused-ring (bicyclic) bond motifs is 1. The van der Waals surface area contributed by atoms with Gasteiger partial charge in [-0.3, -0.25) is 18.5 Å². The van der Waals surface area contributed by atoms with Crippen LogP contribution in [0.4, 0.5) is 0 Å². The molecule has 4 rings (SSSR count). The molecule has 0 aliphatic heterocycles. The maximum Gasteiger partial charge on any atom is 0.332 e. The molecule has 3 aromatic heterocycles. The Kier molecular flexibility index (Phi) is 4.63. The van der Waals surface area contributed by atoms with E-state index >= 15 is 0 Å². The lowest BCUT2D eigenvalue weighted by atomic mass is 10.2. The van der Waals surface area contributed by atoms with E-state index in [4.69, 9.17) is 23.2 Å². The van der Waals surface area contributed by atoms with Crippen LogP contribution in [-0.2, 0) is 20.6 Å². The van der Waals surface area contributed by atoms with Crippen molar-refractivity contribution in [1.29, 1.82) is 0 Å². The van der Waals surface area contributed by atoms with Gasteiger partial charge in [0, 0.05) is 29.8 Å². The first kappa shape index (κ1) is 19.5. The summed E-state index contributed by atoms with van der Waals surface area (Å²) in [6, 6.07) is 7.09. The van der Waals surface area contributed by atoms with Crippen molar-refractivity contribution in [1.82, 2.24) is 28.5 Å². The van der Waals surface area contributed by atoms with Crippen molar-refractivity contribution in [3.8, 4) is 5.95 Å². The lowest BCUT2D eigenvalue weighted by Crippen LogP contribution is -2.37. The van der Waals surface area contributed by atoms with Gasteiger partial charge in [0.25, 0.3) is 5.56 Å². The first-order valence-electron chi connectivity index (χ1n) is 8.83. The van der Waals surface area contributed by atoms with Gasteiger partial charge in [0.2, 0.25) is 5.95 Å². The van der Waals surface area contributed by atoms with Gasteiger partial charge in [-0.1, -0.05) is 29.3 Å². The Morgan fingerprint density at radius 1 is 1.03 bits per heavy atom. The van der Waals surface area contributed by atoms with Crippen molar-refractivity contribution in [3.63, 3.8) is 0 Å². The second-order valence-electron chi connectivity index (χ2n) is 6.95. The molecule has 0 aliphatic carbocycles. The average Bonchev–Trinajstić information content (AvgIpc) is 3.20. The monoisotopic (exact) mass is 432 g/mol. The minimum absolute atomic E-state index is 0.258. The summed E-state index contributed by atoms with van der Waals surface area (Å²) in [7, 11) is 3.03. The van der Waals surface area contributed by atoms with Crippen LogP contribution in [0.5, 0.6) is 0 Å². The van der Waals surface area contributed by atoms with Crippen LogP contribution in [0.25, 0.3) is 17.1 Å². The Bertz CT molecular complexity index is 1390. The smallest absolute Gasteiger partial charge is 0.298 e. The zero-order valence-electron chi connectivity index (χ0n) is 16.3. The highest BCUT2D eigenvalue weighted by Crippen LogP contribution is 2.25. The molecule has 8 nitrogen and oxygen atoms in total. The number of nitrogens with zero attached hydrogens (tertiary/aromatic N) is 6. The van der Waals surface area contributed by atoms with E-state index in [1.165, 1.54) is 11.6 Å². The third-order valence-electron chi connectivity index (χ3n) is 4.87. The molecule has 0 saturated heterocycles. The predicted molar refractivity (Wildman–Crippen MR) is 112 cm³/mol. The molecule has 4 aromatic rings. The third kappa shape index (κ3) is 3.08. The topological polar surface area (TPSA) is 79.6 Å². The van der Waals surface area contributed by atoms with Gasteiger partial charge in [-0.25, -0.2) is 9.48 Å². The SMILES string of the molecule is Cc1cc(C)n(-c2nc3c(c(=O)n(C)c(=O)n3C)n2Cc2ccc(Cl)cc2Cl)n1. The average molecular weight is 433 g/mol. The molecule has 0 spiro atoms. The standard InChI is InChI=1S/C19H18Cl2N6O2/c1-10-7-11(2)27(23-10)18-22-16-15(17(28)25(4)19(29)24(16)3)26(18)9-12-5-6-13(20)8-14(12)21/h5-8H,9H2,1-4H3. The first-order valence-corrected chi connectivity index (χ1v) is 9.58. The summed E-state index contributed by atoms with van der Waals surface area (Å²) in [4.78, 5) is 30.0. The molecule has 1 aromatic carbocycles. The fourth-order valence-electron chi connectivity index (χ4n) is 3.40. The van der Waals surface area contributed by atoms with E-state index in [0.29, 0.717) is 21.5 Å². The Morgan fingerprint density at radius 2 is 1.76 bits per heavy atom. The minimum atomic E-state index is -0.448. The largest absolute Gasteiger partial charge is 0.332 e. The summed E-state index contributed by atoms with van der Waals surface area (Å²) >= 11 is 12.4. The third-order valence-corrected chi connectivity index (χ3v) is 5.46. The number of aryl methyl sites for hydroxylation is 3. The molecular weight excluding hydrogens is 415 g/mol. The van der Waals surface area contributed by atoms with Gasteiger partial charge >= 0.3 is 5.69 Å². The van der Waals surface area contributed by atoms with Gasteiger partial charge < -0.3 is 0 Å². The predicted octanol–water partition coefficient (Wildman–Crippen LogP) is 2.59. The summed E-state index contributed by atoms with van der Waals surface area (Å²) in [6.07, 6.45) is 0. The first-order chi connectivity index (χ1) is 13.7. The van der Waals surface area contributed by atoms with Gasteiger partial charge in [-0.2, -0.15) is 10.1 Å². The van der Waals surface area contributed by atoms with Crippen LogP contribution in [0.3, 0.4) is 0 Å². The minimum Gasteiger partial charge on any atom is -0.298 e. The molecule has 29 heavy (non-hydrogen) atoms. The number of hydrogen-bond acceptors (Lipinski definition) is 4. The van der Waals surface area contributed by atoms with Crippen molar-refractivity contribution in [2.24, 2.45) is 14.1 Å². The van der Waals surface area contributed by atoms with Crippen molar-refractivity contribution < 1.29 is 0 Å². The molecule has 0 atom stereocenters. The molecule has 0 bridgehead atoms. The molecular formula is C19H18Cl2N6O2. The highest BCUT2D eigenvalue weighted by molar-refractivity contribution is 6.35. The van der Waals surface area contributed by atoms with Crippen molar-refractivity contribution in [2.45, 2.75) is 20.4 Å². The fraction of sp³-hybridized carbons (Fsp3) is 0.263. The number of hydrogen-bond donors (Lipinski definition) is 0. The molecule has 10 heteroatoms. The summed E-state index contributed by atoms with van der Waals surface area (Å²) in [5, 5.41) is 5.49. The Morgan fingerprint density at radius 3 is 2.38 bits per heavy atom. The lowest BCUT2D eigenvalue weighted by Gasteiger charge is -2.12. The van der Waals surface area contributed by atoms with Gasteiger partial charge in [-0.05, 0) is 37.6 Å². The van der Waals surface area contributed by atoms with Crippen LogP contribution < -0.4 is 11.2 Å². The van der Waals surface area contributed by atoms with E-state index in [0.717, 1.165) is 21.5 Å². The zero-order chi connectivity index (χ0) is 21.0. The molecule has 0 aliphatic rings. The fourth-order valence-corrected chi connectivity index (χ4v) is 3.87. The van der Waals surface area contributed by atoms with E-state index in [2.05, 4.69) is 10.1 Å². The number of aromatic nitrogens is 6. The highest BCUT2D eigenvalue weighted by atomic mass is 35.5. The Hall–Kier alpha value is -2.84. The number of rotatable bonds is 3. The molecule has 0 amide bonds. The maximum atomic E-state index is 13.0. The number of benzene rings is 1. The van der Waals surface area contributed by atoms with Crippen LogP contribution in [0.1, 0.15) is 17.0 Å². The normalized spacial score (nSPS) is 11.5. The quantitative estimate of drug-likeness (QED) is 0.498. The molecule has 0 unspecified atom stereocenters. The Balaban J connectivity index is 2.09. The summed E-state index contributed by atoms with van der Waals surface area (Å²) in [6.45, 7) is 4.03. The van der Waals surface area contributed by atoms with E-state index in [1.807, 2.05) is 19.9 Å². The molecule has 0 saturated carbocycles. The number of imidazole rings is 1. The van der Waals surface area contributed by atoms with Crippen LogP contribution in [-0.4, -0.2) is 28.5 Å². The van der Waals surface area contributed by atoms with E-state index in [-0.39, 0.29) is 12.2 Å². The Labute approximate surface area is 175 Å². The van der Waals surface area contributed by atoms with Crippen LogP contribution >= 0.6 is 23.2 Å². The molecule has 0 fully saturated rings. The van der Waals surface area contributed by atoms with Crippen molar-refractivity contribution in [3.05, 3.63) is 72.1 Å². The van der Waals surface area contributed by atoms with Crippen molar-refractivity contribution >= 4 is 34.4 Å². The summed E-state index contributed by atoms with van der Waals surface area (Å²) in [5.74, 6) is 0.426. The molecule has 0 radical (unpaired) electrons.